The van der Waals surface area contributed by atoms with Crippen molar-refractivity contribution in [1.82, 2.24) is 10.3 Å². The molecule has 0 spiro atoms. The van der Waals surface area contributed by atoms with Crippen LogP contribution >= 0.6 is 11.6 Å². The number of hydrogen-bond acceptors (Lipinski definition) is 5. The Morgan fingerprint density at radius 2 is 1.83 bits per heavy atom. The van der Waals surface area contributed by atoms with Gasteiger partial charge in [0.1, 0.15) is 11.3 Å². The fourth-order valence-corrected chi connectivity index (χ4v) is 3.96. The molecule has 1 fully saturated rings. The Morgan fingerprint density at radius 3 is 2.50 bits per heavy atom. The Kier molecular flexibility index (Phi) is 6.59. The first-order valence-corrected chi connectivity index (χ1v) is 10.9. The number of hydrogen-bond donors (Lipinski definition) is 2. The van der Waals surface area contributed by atoms with Crippen LogP contribution < -0.4 is 20.3 Å². The summed E-state index contributed by atoms with van der Waals surface area (Å²) in [5, 5.41) is 5.60. The minimum absolute atomic E-state index is 0.00992. The van der Waals surface area contributed by atoms with Crippen LogP contribution in [0.2, 0.25) is 5.02 Å². The van der Waals surface area contributed by atoms with E-state index in [2.05, 4.69) is 20.4 Å². The number of nitrogens with one attached hydrogen (secondary N) is 2. The summed E-state index contributed by atoms with van der Waals surface area (Å²) in [6.07, 6.45) is -2.00. The van der Waals surface area contributed by atoms with Crippen LogP contribution in [0.4, 0.5) is 29.3 Å². The zero-order valence-electron chi connectivity index (χ0n) is 18.6. The molecule has 1 aromatic heterocycles. The van der Waals surface area contributed by atoms with Gasteiger partial charge >= 0.3 is 12.4 Å². The van der Waals surface area contributed by atoms with E-state index in [1.54, 1.807) is 30.3 Å². The lowest BCUT2D eigenvalue weighted by Gasteiger charge is -2.23. The predicted octanol–water partition coefficient (Wildman–Crippen LogP) is 4.94. The minimum atomic E-state index is -4.87. The molecule has 1 aliphatic rings. The lowest BCUT2D eigenvalue weighted by molar-refractivity contribution is -0.274. The van der Waals surface area contributed by atoms with Crippen LogP contribution in [0.15, 0.2) is 67.0 Å². The van der Waals surface area contributed by atoms with Crippen molar-refractivity contribution in [2.45, 2.75) is 25.2 Å². The number of carbonyl (C=O) groups is 3. The van der Waals surface area contributed by atoms with E-state index in [9.17, 15) is 27.6 Å². The first kappa shape index (κ1) is 25.0. The molecule has 186 valence electrons. The van der Waals surface area contributed by atoms with Gasteiger partial charge in [-0.05, 0) is 55.0 Å². The summed E-state index contributed by atoms with van der Waals surface area (Å²) in [4.78, 5) is 43.5. The minimum Gasteiger partial charge on any atom is -0.406 e. The second-order valence-corrected chi connectivity index (χ2v) is 8.50. The quantitative estimate of drug-likeness (QED) is 0.450. The number of alkyl halides is 3. The van der Waals surface area contributed by atoms with E-state index in [1.807, 2.05) is 0 Å². The highest BCUT2D eigenvalue weighted by Gasteiger charge is 2.48. The van der Waals surface area contributed by atoms with Gasteiger partial charge in [-0.2, -0.15) is 0 Å². The molecule has 1 unspecified atom stereocenters. The smallest absolute Gasteiger partial charge is 0.406 e. The molecule has 2 heterocycles. The van der Waals surface area contributed by atoms with Gasteiger partial charge in [-0.25, -0.2) is 9.69 Å². The summed E-state index contributed by atoms with van der Waals surface area (Å²) in [6, 6.07) is 11.7. The van der Waals surface area contributed by atoms with Gasteiger partial charge in [0.25, 0.3) is 11.8 Å². The fourth-order valence-electron chi connectivity index (χ4n) is 3.74. The van der Waals surface area contributed by atoms with E-state index in [1.165, 1.54) is 31.5 Å². The van der Waals surface area contributed by atoms with Gasteiger partial charge in [0, 0.05) is 12.6 Å². The second kappa shape index (κ2) is 9.50. The van der Waals surface area contributed by atoms with Crippen molar-refractivity contribution in [1.29, 1.82) is 0 Å². The Morgan fingerprint density at radius 1 is 1.14 bits per heavy atom. The second-order valence-electron chi connectivity index (χ2n) is 8.09. The van der Waals surface area contributed by atoms with E-state index >= 15 is 0 Å². The van der Waals surface area contributed by atoms with E-state index in [0.29, 0.717) is 11.3 Å². The molecule has 0 radical (unpaired) electrons. The van der Waals surface area contributed by atoms with Crippen LogP contribution in [0.25, 0.3) is 0 Å². The van der Waals surface area contributed by atoms with Crippen LogP contribution in [0.3, 0.4) is 0 Å². The molecule has 0 bridgehead atoms. The molecule has 2 N–H and O–H groups in total. The van der Waals surface area contributed by atoms with Gasteiger partial charge in [-0.3, -0.25) is 14.6 Å². The third-order valence-corrected chi connectivity index (χ3v) is 5.74. The van der Waals surface area contributed by atoms with Gasteiger partial charge in [0.2, 0.25) is 0 Å². The van der Waals surface area contributed by atoms with Crippen molar-refractivity contribution in [3.8, 4) is 5.75 Å². The maximum Gasteiger partial charge on any atom is 0.573 e. The molecule has 1 aliphatic heterocycles. The normalized spacial score (nSPS) is 17.6. The number of carbonyl (C=O) groups excluding carboxylic acids is 3. The van der Waals surface area contributed by atoms with Gasteiger partial charge in [-0.1, -0.05) is 23.7 Å². The summed E-state index contributed by atoms with van der Waals surface area (Å²) in [5.41, 5.74) is -0.272. The molecule has 8 nitrogen and oxygen atoms in total. The number of ether oxygens (including phenoxy) is 1. The van der Waals surface area contributed by atoms with E-state index in [-0.39, 0.29) is 22.7 Å². The van der Waals surface area contributed by atoms with Crippen molar-refractivity contribution in [3.63, 3.8) is 0 Å². The highest BCUT2D eigenvalue weighted by molar-refractivity contribution is 6.34. The molecule has 36 heavy (non-hydrogen) atoms. The SMILES string of the molecule is CC1(Cc2ccncc2NC(=O)c2ccccc2Cl)NC(=O)N(c2ccc(OC(F)(F)F)cc2)C1=O. The molecule has 1 saturated heterocycles. The van der Waals surface area contributed by atoms with Crippen molar-refractivity contribution in [2.75, 3.05) is 10.2 Å². The predicted molar refractivity (Wildman–Crippen MR) is 125 cm³/mol. The molecule has 0 saturated carbocycles. The average Bonchev–Trinajstić information content (AvgIpc) is 3.02. The number of pyridine rings is 1. The largest absolute Gasteiger partial charge is 0.573 e. The van der Waals surface area contributed by atoms with Gasteiger partial charge in [-0.15, -0.1) is 13.2 Å². The summed E-state index contributed by atoms with van der Waals surface area (Å²) in [5.74, 6) is -1.60. The molecule has 12 heteroatoms. The topological polar surface area (TPSA) is 101 Å². The average molecular weight is 519 g/mol. The maximum atomic E-state index is 13.3. The van der Waals surface area contributed by atoms with Gasteiger partial charge in [0.15, 0.2) is 0 Å². The summed E-state index contributed by atoms with van der Waals surface area (Å²) in [6.45, 7) is 1.51. The third-order valence-electron chi connectivity index (χ3n) is 5.41. The highest BCUT2D eigenvalue weighted by atomic mass is 35.5. The van der Waals surface area contributed by atoms with Crippen molar-refractivity contribution in [2.24, 2.45) is 0 Å². The van der Waals surface area contributed by atoms with Crippen molar-refractivity contribution in [3.05, 3.63) is 83.1 Å². The Bertz CT molecular complexity index is 1330. The zero-order chi connectivity index (χ0) is 26.1. The Hall–Kier alpha value is -4.12. The molecule has 2 aromatic carbocycles. The van der Waals surface area contributed by atoms with Crippen LogP contribution in [0, 0.1) is 0 Å². The molecular weight excluding hydrogens is 501 g/mol. The molecule has 4 amide bonds. The number of anilines is 2. The lowest BCUT2D eigenvalue weighted by atomic mass is 9.92. The molecular formula is C24H18ClF3N4O4. The highest BCUT2D eigenvalue weighted by Crippen LogP contribution is 2.31. The number of amides is 4. The Labute approximate surface area is 208 Å². The monoisotopic (exact) mass is 518 g/mol. The summed E-state index contributed by atoms with van der Waals surface area (Å²) < 4.78 is 41.1. The number of aromatic nitrogens is 1. The number of urea groups is 1. The van der Waals surface area contributed by atoms with Crippen molar-refractivity contribution >= 4 is 40.8 Å². The Balaban J connectivity index is 1.54. The number of rotatable bonds is 6. The molecule has 1 atom stereocenters. The van der Waals surface area contributed by atoms with E-state index < -0.39 is 35.5 Å². The zero-order valence-corrected chi connectivity index (χ0v) is 19.4. The molecule has 3 aromatic rings. The lowest BCUT2D eigenvalue weighted by Crippen LogP contribution is -2.46. The first-order valence-electron chi connectivity index (χ1n) is 10.5. The first-order chi connectivity index (χ1) is 17.0. The van der Waals surface area contributed by atoms with Gasteiger partial charge in [0.05, 0.1) is 28.2 Å². The van der Waals surface area contributed by atoms with Crippen LogP contribution in [-0.4, -0.2) is 34.7 Å². The van der Waals surface area contributed by atoms with Crippen LogP contribution in [-0.2, 0) is 11.2 Å². The maximum absolute atomic E-state index is 13.3. The van der Waals surface area contributed by atoms with Gasteiger partial charge < -0.3 is 15.4 Å². The van der Waals surface area contributed by atoms with Crippen molar-refractivity contribution < 1.29 is 32.3 Å². The van der Waals surface area contributed by atoms with E-state index in [4.69, 9.17) is 11.6 Å². The number of benzene rings is 2. The number of nitrogens with zero attached hydrogens (tertiary/aromatic N) is 2. The number of imide groups is 1. The molecule has 4 rings (SSSR count). The summed E-state index contributed by atoms with van der Waals surface area (Å²) in [7, 11) is 0. The van der Waals surface area contributed by atoms with E-state index in [0.717, 1.165) is 17.0 Å². The fraction of sp³-hybridized carbons (Fsp3) is 0.167. The van der Waals surface area contributed by atoms with Crippen LogP contribution in [0.5, 0.6) is 5.75 Å². The third kappa shape index (κ3) is 5.25. The summed E-state index contributed by atoms with van der Waals surface area (Å²) >= 11 is 6.10. The van der Waals surface area contributed by atoms with Crippen LogP contribution in [0.1, 0.15) is 22.8 Å². The number of halogens is 4. The standard InChI is InChI=1S/C24H18ClF3N4O4/c1-23(12-14-10-11-29-13-19(14)30-20(33)17-4-2-3-5-18(17)25)21(34)32(22(35)31-23)15-6-8-16(9-7-15)36-24(26,27)28/h2-11,13H,12H2,1H3,(H,30,33)(H,31,35). The molecule has 0 aliphatic carbocycles.